The smallest absolute Gasteiger partial charge is 0.414 e. The number of aromatic hydroxyl groups is 2. The van der Waals surface area contributed by atoms with Crippen molar-refractivity contribution in [3.8, 4) is 11.5 Å². The number of fused-ring (bicyclic) bond motifs is 2. The first-order valence-corrected chi connectivity index (χ1v) is 9.84. The first-order valence-electron chi connectivity index (χ1n) is 9.84. The Morgan fingerprint density at radius 2 is 1.82 bits per heavy atom. The molecule has 2 saturated heterocycles. The summed E-state index contributed by atoms with van der Waals surface area (Å²) in [6, 6.07) is 14.5. The fraction of sp³-hybridized carbons (Fsp3) is 0.409. The molecule has 2 atom stereocenters. The minimum atomic E-state index is -0.490. The van der Waals surface area contributed by atoms with Gasteiger partial charge in [-0.3, -0.25) is 4.90 Å². The van der Waals surface area contributed by atoms with Crippen molar-refractivity contribution in [1.82, 2.24) is 5.32 Å². The number of hydrogen-bond acceptors (Lipinski definition) is 5. The lowest BCUT2D eigenvalue weighted by Crippen LogP contribution is -2.40. The molecule has 1 amide bonds. The molecule has 2 fully saturated rings. The molecule has 0 radical (unpaired) electrons. The number of benzene rings is 2. The Hall–Kier alpha value is -2.73. The molecule has 2 aromatic rings. The van der Waals surface area contributed by atoms with Crippen LogP contribution in [-0.2, 0) is 11.3 Å². The van der Waals surface area contributed by atoms with Crippen molar-refractivity contribution < 1.29 is 19.7 Å². The van der Waals surface area contributed by atoms with Crippen molar-refractivity contribution in [2.45, 2.75) is 44.3 Å². The molecule has 0 aromatic heterocycles. The zero-order valence-corrected chi connectivity index (χ0v) is 15.8. The van der Waals surface area contributed by atoms with Gasteiger partial charge in [0.25, 0.3) is 0 Å². The maximum atomic E-state index is 12.9. The van der Waals surface area contributed by atoms with Crippen molar-refractivity contribution in [2.24, 2.45) is 5.92 Å². The van der Waals surface area contributed by atoms with E-state index >= 15 is 0 Å². The molecular weight excluding hydrogens is 356 g/mol. The van der Waals surface area contributed by atoms with Gasteiger partial charge >= 0.3 is 6.09 Å². The standard InChI is InChI=1S/C22H26N2O4/c25-19-5-3-4-15(12-19)13-24(20-6-1-2-7-21(20)26)22(27)28-14-16-10-17-8-9-18(11-16)23-17/h1-7,12,16-18,23,25-26H,8-11,13-14H2. The van der Waals surface area contributed by atoms with Gasteiger partial charge in [0.15, 0.2) is 0 Å². The van der Waals surface area contributed by atoms with Gasteiger partial charge < -0.3 is 20.3 Å². The van der Waals surface area contributed by atoms with Crippen LogP contribution in [0, 0.1) is 5.92 Å². The van der Waals surface area contributed by atoms with Gasteiger partial charge in [0, 0.05) is 12.1 Å². The largest absolute Gasteiger partial charge is 0.508 e. The quantitative estimate of drug-likeness (QED) is 0.733. The number of phenols is 2. The van der Waals surface area contributed by atoms with Crippen LogP contribution >= 0.6 is 0 Å². The Labute approximate surface area is 164 Å². The number of piperidine rings is 1. The van der Waals surface area contributed by atoms with E-state index in [0.29, 0.717) is 30.3 Å². The molecule has 2 aliphatic rings. The first kappa shape index (κ1) is 18.6. The van der Waals surface area contributed by atoms with Crippen LogP contribution in [0.3, 0.4) is 0 Å². The Balaban J connectivity index is 1.47. The Kier molecular flexibility index (Phi) is 5.39. The molecule has 6 nitrogen and oxygen atoms in total. The highest BCUT2D eigenvalue weighted by atomic mass is 16.6. The molecule has 2 aliphatic heterocycles. The highest BCUT2D eigenvalue weighted by molar-refractivity contribution is 5.89. The fourth-order valence-electron chi connectivity index (χ4n) is 4.36. The van der Waals surface area contributed by atoms with E-state index in [9.17, 15) is 15.0 Å². The van der Waals surface area contributed by atoms with E-state index < -0.39 is 6.09 Å². The van der Waals surface area contributed by atoms with Gasteiger partial charge in [-0.15, -0.1) is 0 Å². The number of ether oxygens (including phenoxy) is 1. The molecule has 6 heteroatoms. The molecule has 3 N–H and O–H groups in total. The second-order valence-corrected chi connectivity index (χ2v) is 7.80. The average molecular weight is 382 g/mol. The molecule has 2 heterocycles. The zero-order valence-electron chi connectivity index (χ0n) is 15.8. The molecule has 0 spiro atoms. The third kappa shape index (κ3) is 4.22. The van der Waals surface area contributed by atoms with Crippen molar-refractivity contribution in [2.75, 3.05) is 11.5 Å². The number of amides is 1. The summed E-state index contributed by atoms with van der Waals surface area (Å²) in [5, 5.41) is 23.6. The van der Waals surface area contributed by atoms with Crippen LogP contribution in [0.5, 0.6) is 11.5 Å². The van der Waals surface area contributed by atoms with Gasteiger partial charge in [-0.05, 0) is 61.4 Å². The fourth-order valence-corrected chi connectivity index (χ4v) is 4.36. The molecule has 0 saturated carbocycles. The van der Waals surface area contributed by atoms with E-state index in [-0.39, 0.29) is 18.0 Å². The van der Waals surface area contributed by atoms with E-state index in [0.717, 1.165) is 18.4 Å². The second-order valence-electron chi connectivity index (χ2n) is 7.80. The summed E-state index contributed by atoms with van der Waals surface area (Å²) >= 11 is 0. The van der Waals surface area contributed by atoms with Crippen molar-refractivity contribution >= 4 is 11.8 Å². The van der Waals surface area contributed by atoms with E-state index in [4.69, 9.17) is 4.74 Å². The van der Waals surface area contributed by atoms with Crippen LogP contribution in [0.4, 0.5) is 10.5 Å². The van der Waals surface area contributed by atoms with Gasteiger partial charge in [-0.25, -0.2) is 4.79 Å². The van der Waals surface area contributed by atoms with E-state index in [1.54, 1.807) is 42.5 Å². The minimum Gasteiger partial charge on any atom is -0.508 e. The summed E-state index contributed by atoms with van der Waals surface area (Å²) in [7, 11) is 0. The predicted octanol–water partition coefficient (Wildman–Crippen LogP) is 3.77. The van der Waals surface area contributed by atoms with E-state index in [1.165, 1.54) is 17.7 Å². The van der Waals surface area contributed by atoms with Crippen LogP contribution in [0.1, 0.15) is 31.2 Å². The van der Waals surface area contributed by atoms with Crippen molar-refractivity contribution in [3.05, 3.63) is 54.1 Å². The van der Waals surface area contributed by atoms with Crippen LogP contribution in [0.15, 0.2) is 48.5 Å². The number of hydrogen-bond donors (Lipinski definition) is 3. The Bertz CT molecular complexity index is 829. The third-order valence-electron chi connectivity index (χ3n) is 5.66. The summed E-state index contributed by atoms with van der Waals surface area (Å²) in [6.07, 6.45) is 3.99. The second kappa shape index (κ2) is 8.10. The first-order chi connectivity index (χ1) is 13.6. The normalized spacial score (nSPS) is 23.4. The van der Waals surface area contributed by atoms with Crippen LogP contribution in [0.25, 0.3) is 0 Å². The van der Waals surface area contributed by atoms with Gasteiger partial charge in [-0.2, -0.15) is 0 Å². The van der Waals surface area contributed by atoms with E-state index in [2.05, 4.69) is 5.32 Å². The van der Waals surface area contributed by atoms with Gasteiger partial charge in [-0.1, -0.05) is 24.3 Å². The Morgan fingerprint density at radius 1 is 1.07 bits per heavy atom. The topological polar surface area (TPSA) is 82.0 Å². The number of carbonyl (C=O) groups excluding carboxylic acids is 1. The summed E-state index contributed by atoms with van der Waals surface area (Å²) in [4.78, 5) is 14.3. The summed E-state index contributed by atoms with van der Waals surface area (Å²) in [6.45, 7) is 0.583. The molecule has 4 rings (SSSR count). The number of carbonyl (C=O) groups is 1. The lowest BCUT2D eigenvalue weighted by atomic mass is 9.93. The number of para-hydroxylation sites is 2. The SMILES string of the molecule is O=C(OCC1CC2CCC(C1)N2)N(Cc1cccc(O)c1)c1ccccc1O. The molecule has 0 aliphatic carbocycles. The molecule has 148 valence electrons. The molecule has 2 unspecified atom stereocenters. The van der Waals surface area contributed by atoms with Crippen LogP contribution in [-0.4, -0.2) is 35.0 Å². The molecule has 28 heavy (non-hydrogen) atoms. The van der Waals surface area contributed by atoms with E-state index in [1.807, 2.05) is 6.07 Å². The minimum absolute atomic E-state index is 0.0134. The van der Waals surface area contributed by atoms with Crippen LogP contribution in [0.2, 0.25) is 0 Å². The maximum Gasteiger partial charge on any atom is 0.414 e. The maximum absolute atomic E-state index is 12.9. The zero-order chi connectivity index (χ0) is 19.5. The number of nitrogens with one attached hydrogen (secondary N) is 1. The number of phenolic OH excluding ortho intramolecular Hbond substituents is 2. The van der Waals surface area contributed by atoms with Crippen molar-refractivity contribution in [1.29, 1.82) is 0 Å². The summed E-state index contributed by atoms with van der Waals surface area (Å²) in [5.74, 6) is 0.516. The molecular formula is C22H26N2O4. The third-order valence-corrected chi connectivity index (χ3v) is 5.66. The van der Waals surface area contributed by atoms with Gasteiger partial charge in [0.2, 0.25) is 0 Å². The Morgan fingerprint density at radius 3 is 2.54 bits per heavy atom. The summed E-state index contributed by atoms with van der Waals surface area (Å²) in [5.41, 5.74) is 1.14. The highest BCUT2D eigenvalue weighted by Crippen LogP contribution is 2.32. The van der Waals surface area contributed by atoms with Gasteiger partial charge in [0.05, 0.1) is 18.8 Å². The molecule has 2 aromatic carbocycles. The van der Waals surface area contributed by atoms with Crippen molar-refractivity contribution in [3.63, 3.8) is 0 Å². The predicted molar refractivity (Wildman–Crippen MR) is 106 cm³/mol. The lowest BCUT2D eigenvalue weighted by Gasteiger charge is -2.30. The number of nitrogens with zero attached hydrogens (tertiary/aromatic N) is 1. The average Bonchev–Trinajstić information content (AvgIpc) is 3.03. The number of rotatable bonds is 5. The monoisotopic (exact) mass is 382 g/mol. The molecule has 2 bridgehead atoms. The van der Waals surface area contributed by atoms with Crippen LogP contribution < -0.4 is 10.2 Å². The lowest BCUT2D eigenvalue weighted by molar-refractivity contribution is 0.116. The number of anilines is 1. The summed E-state index contributed by atoms with van der Waals surface area (Å²) < 4.78 is 5.67. The van der Waals surface area contributed by atoms with Gasteiger partial charge in [0.1, 0.15) is 11.5 Å². The highest BCUT2D eigenvalue weighted by Gasteiger charge is 2.34.